The average Bonchev–Trinajstić information content (AvgIpc) is 3.25. The number of nitrogens with one attached hydrogen (secondary N) is 1. The third-order valence-corrected chi connectivity index (χ3v) is 5.00. The molecule has 0 spiro atoms. The highest BCUT2D eigenvalue weighted by Crippen LogP contribution is 2.32. The smallest absolute Gasteiger partial charge is 0.254 e. The lowest BCUT2D eigenvalue weighted by molar-refractivity contribution is -0.116. The molecule has 0 radical (unpaired) electrons. The van der Waals surface area contributed by atoms with Crippen molar-refractivity contribution in [2.75, 3.05) is 11.1 Å². The van der Waals surface area contributed by atoms with Gasteiger partial charge in [-0.3, -0.25) is 14.2 Å². The summed E-state index contributed by atoms with van der Waals surface area (Å²) < 4.78 is 3.17. The fourth-order valence-electron chi connectivity index (χ4n) is 2.77. The topological polar surface area (TPSA) is 108 Å². The van der Waals surface area contributed by atoms with E-state index in [0.717, 1.165) is 0 Å². The molecule has 26 heavy (non-hydrogen) atoms. The van der Waals surface area contributed by atoms with Gasteiger partial charge in [0.1, 0.15) is 12.1 Å². The Morgan fingerprint density at radius 3 is 3.08 bits per heavy atom. The lowest BCUT2D eigenvalue weighted by Crippen LogP contribution is -2.27. The second kappa shape index (κ2) is 6.71. The molecule has 1 unspecified atom stereocenters. The molecule has 3 aromatic heterocycles. The number of rotatable bonds is 4. The van der Waals surface area contributed by atoms with Crippen molar-refractivity contribution in [3.63, 3.8) is 0 Å². The van der Waals surface area contributed by atoms with Gasteiger partial charge in [-0.25, -0.2) is 19.6 Å². The average molecular weight is 369 g/mol. The van der Waals surface area contributed by atoms with Crippen LogP contribution in [0.2, 0.25) is 0 Å². The van der Waals surface area contributed by atoms with Crippen LogP contribution in [0.1, 0.15) is 18.2 Å². The lowest BCUT2D eigenvalue weighted by atomic mass is 10.2. The maximum Gasteiger partial charge on any atom is 0.254 e. The van der Waals surface area contributed by atoms with Gasteiger partial charge in [0.2, 0.25) is 5.91 Å². The summed E-state index contributed by atoms with van der Waals surface area (Å²) in [6.45, 7) is 1.79. The minimum Gasteiger partial charge on any atom is -0.310 e. The molecule has 1 atom stereocenters. The first kappa shape index (κ1) is 16.5. The minimum atomic E-state index is -0.221. The zero-order valence-electron chi connectivity index (χ0n) is 13.9. The van der Waals surface area contributed by atoms with Gasteiger partial charge in [-0.05, 0) is 13.0 Å². The molecule has 9 nitrogen and oxygen atoms in total. The summed E-state index contributed by atoms with van der Waals surface area (Å²) in [6, 6.07) is 4.69. The molecule has 1 aliphatic heterocycles. The van der Waals surface area contributed by atoms with Gasteiger partial charge in [0.05, 0.1) is 6.04 Å². The number of aryl methyl sites for hydroxylation is 1. The van der Waals surface area contributed by atoms with Gasteiger partial charge in [0.15, 0.2) is 11.0 Å². The third-order valence-electron chi connectivity index (χ3n) is 3.90. The van der Waals surface area contributed by atoms with Gasteiger partial charge in [0.25, 0.3) is 5.56 Å². The van der Waals surface area contributed by atoms with E-state index < -0.39 is 0 Å². The van der Waals surface area contributed by atoms with E-state index in [1.54, 1.807) is 40.7 Å². The van der Waals surface area contributed by atoms with Crippen LogP contribution >= 0.6 is 11.8 Å². The van der Waals surface area contributed by atoms with Crippen molar-refractivity contribution in [3.8, 4) is 5.82 Å². The van der Waals surface area contributed by atoms with E-state index in [1.807, 2.05) is 0 Å². The lowest BCUT2D eigenvalue weighted by Gasteiger charge is -2.13. The second-order valence-corrected chi connectivity index (χ2v) is 6.80. The summed E-state index contributed by atoms with van der Waals surface area (Å²) in [4.78, 5) is 37.2. The molecule has 0 bridgehead atoms. The molecule has 0 saturated carbocycles. The van der Waals surface area contributed by atoms with Crippen molar-refractivity contribution in [2.24, 2.45) is 0 Å². The Bertz CT molecular complexity index is 1020. The molecule has 10 heteroatoms. The van der Waals surface area contributed by atoms with Gasteiger partial charge in [-0.2, -0.15) is 5.10 Å². The van der Waals surface area contributed by atoms with Crippen molar-refractivity contribution in [2.45, 2.75) is 24.5 Å². The standard InChI is InChI=1S/C16H15N7O2S/c1-10-5-15(25)23-11(8-26-16(23)20-10)6-14(24)21-12-7-13(18-9-17-12)22-4-2-3-19-22/h2-5,7,9,11H,6,8H2,1H3,(H,17,18,21,24). The first-order valence-electron chi connectivity index (χ1n) is 7.95. The Balaban J connectivity index is 1.48. The Morgan fingerprint density at radius 1 is 1.38 bits per heavy atom. The zero-order chi connectivity index (χ0) is 18.1. The van der Waals surface area contributed by atoms with Crippen LogP contribution < -0.4 is 10.9 Å². The first-order chi connectivity index (χ1) is 12.6. The largest absolute Gasteiger partial charge is 0.310 e. The number of carbonyl (C=O) groups is 1. The molecular formula is C16H15N7O2S. The maximum absolute atomic E-state index is 12.4. The van der Waals surface area contributed by atoms with E-state index in [4.69, 9.17) is 0 Å². The van der Waals surface area contributed by atoms with E-state index in [9.17, 15) is 9.59 Å². The molecule has 0 fully saturated rings. The summed E-state index contributed by atoms with van der Waals surface area (Å²) in [5.41, 5.74) is 0.560. The SMILES string of the molecule is Cc1cc(=O)n2c(n1)SCC2CC(=O)Nc1cc(-n2cccn2)ncn1. The predicted octanol–water partition coefficient (Wildman–Crippen LogP) is 1.20. The highest BCUT2D eigenvalue weighted by molar-refractivity contribution is 7.99. The Labute approximate surface area is 152 Å². The van der Waals surface area contributed by atoms with E-state index in [2.05, 4.69) is 25.4 Å². The molecule has 1 N–H and O–H groups in total. The van der Waals surface area contributed by atoms with Crippen molar-refractivity contribution in [1.29, 1.82) is 0 Å². The van der Waals surface area contributed by atoms with Crippen molar-refractivity contribution in [3.05, 3.63) is 53.0 Å². The molecule has 4 rings (SSSR count). The quantitative estimate of drug-likeness (QED) is 0.689. The molecule has 1 aliphatic rings. The number of nitrogens with zero attached hydrogens (tertiary/aromatic N) is 6. The van der Waals surface area contributed by atoms with Gasteiger partial charge in [-0.1, -0.05) is 11.8 Å². The molecule has 0 aromatic carbocycles. The first-order valence-corrected chi connectivity index (χ1v) is 8.93. The van der Waals surface area contributed by atoms with Crippen LogP contribution in [0.4, 0.5) is 5.82 Å². The predicted molar refractivity (Wildman–Crippen MR) is 95.4 cm³/mol. The number of hydrogen-bond acceptors (Lipinski definition) is 7. The molecular weight excluding hydrogens is 354 g/mol. The van der Waals surface area contributed by atoms with E-state index in [1.165, 1.54) is 24.2 Å². The second-order valence-electron chi connectivity index (χ2n) is 5.82. The van der Waals surface area contributed by atoms with E-state index in [-0.39, 0.29) is 23.9 Å². The summed E-state index contributed by atoms with van der Waals surface area (Å²) in [7, 11) is 0. The van der Waals surface area contributed by atoms with Crippen LogP contribution in [0, 0.1) is 6.92 Å². The highest BCUT2D eigenvalue weighted by Gasteiger charge is 2.27. The molecule has 0 saturated heterocycles. The van der Waals surface area contributed by atoms with Crippen LogP contribution in [0.5, 0.6) is 0 Å². The van der Waals surface area contributed by atoms with Crippen molar-refractivity contribution < 1.29 is 4.79 Å². The maximum atomic E-state index is 12.4. The summed E-state index contributed by atoms with van der Waals surface area (Å²) in [5, 5.41) is 7.52. The summed E-state index contributed by atoms with van der Waals surface area (Å²) in [5.74, 6) is 1.36. The van der Waals surface area contributed by atoms with Crippen molar-refractivity contribution in [1.82, 2.24) is 29.3 Å². The van der Waals surface area contributed by atoms with Crippen LogP contribution in [-0.2, 0) is 4.79 Å². The molecule has 4 heterocycles. The van der Waals surface area contributed by atoms with Gasteiger partial charge in [-0.15, -0.1) is 0 Å². The Hall–Kier alpha value is -3.01. The fraction of sp³-hybridized carbons (Fsp3) is 0.250. The number of aromatic nitrogens is 6. The minimum absolute atomic E-state index is 0.127. The van der Waals surface area contributed by atoms with Crippen LogP contribution in [0.3, 0.4) is 0 Å². The fourth-order valence-corrected chi connectivity index (χ4v) is 3.96. The summed E-state index contributed by atoms with van der Waals surface area (Å²) in [6.07, 6.45) is 4.93. The molecule has 0 aliphatic carbocycles. The molecule has 3 aromatic rings. The Kier molecular flexibility index (Phi) is 4.25. The number of carbonyl (C=O) groups excluding carboxylic acids is 1. The van der Waals surface area contributed by atoms with E-state index in [0.29, 0.717) is 28.2 Å². The number of amides is 1. The van der Waals surface area contributed by atoms with Crippen LogP contribution in [0.25, 0.3) is 5.82 Å². The highest BCUT2D eigenvalue weighted by atomic mass is 32.2. The van der Waals surface area contributed by atoms with Gasteiger partial charge in [0, 0.05) is 42.4 Å². The molecule has 132 valence electrons. The zero-order valence-corrected chi connectivity index (χ0v) is 14.7. The summed E-state index contributed by atoms with van der Waals surface area (Å²) >= 11 is 1.49. The number of anilines is 1. The third kappa shape index (κ3) is 3.23. The number of fused-ring (bicyclic) bond motifs is 1. The normalized spacial score (nSPS) is 15.7. The number of thioether (sulfide) groups is 1. The van der Waals surface area contributed by atoms with Gasteiger partial charge < -0.3 is 5.32 Å². The van der Waals surface area contributed by atoms with Crippen molar-refractivity contribution >= 4 is 23.5 Å². The van der Waals surface area contributed by atoms with Crippen LogP contribution in [0.15, 0.2) is 46.9 Å². The van der Waals surface area contributed by atoms with E-state index >= 15 is 0 Å². The molecule has 1 amide bonds. The van der Waals surface area contributed by atoms with Gasteiger partial charge >= 0.3 is 0 Å². The number of hydrogen-bond donors (Lipinski definition) is 1. The Morgan fingerprint density at radius 2 is 2.27 bits per heavy atom. The van der Waals surface area contributed by atoms with Crippen LogP contribution in [-0.4, -0.2) is 41.0 Å². The monoisotopic (exact) mass is 369 g/mol.